The van der Waals surface area contributed by atoms with Crippen molar-refractivity contribution in [2.75, 3.05) is 6.54 Å². The lowest BCUT2D eigenvalue weighted by Gasteiger charge is -2.25. The van der Waals surface area contributed by atoms with E-state index in [0.29, 0.717) is 25.1 Å². The van der Waals surface area contributed by atoms with Gasteiger partial charge in [-0.05, 0) is 36.2 Å². The lowest BCUT2D eigenvalue weighted by atomic mass is 9.95. The van der Waals surface area contributed by atoms with Gasteiger partial charge in [-0.15, -0.1) is 0 Å². The Morgan fingerprint density at radius 3 is 2.48 bits per heavy atom. The topological polar surface area (TPSA) is 75.4 Å². The molecule has 0 radical (unpaired) electrons. The molecule has 1 atom stereocenters. The van der Waals surface area contributed by atoms with Crippen LogP contribution in [0, 0.1) is 0 Å². The van der Waals surface area contributed by atoms with E-state index in [-0.39, 0.29) is 11.3 Å². The Balaban J connectivity index is 1.73. The number of aliphatic hydroxyl groups excluding tert-OH is 1. The van der Waals surface area contributed by atoms with Gasteiger partial charge in [-0.3, -0.25) is 9.59 Å². The van der Waals surface area contributed by atoms with Gasteiger partial charge in [0.05, 0.1) is 17.9 Å². The summed E-state index contributed by atoms with van der Waals surface area (Å²) in [5.41, 5.74) is 1.35. The second-order valence-electron chi connectivity index (χ2n) is 7.21. The number of carbonyl (C=O) groups excluding carboxylic acids is 2. The Hall–Kier alpha value is -2.71. The van der Waals surface area contributed by atoms with Crippen LogP contribution in [0.4, 0.5) is 0 Å². The molecular formula is C23H19Br2N3O3. The normalized spacial score (nSPS) is 18.0. The molecule has 0 spiro atoms. The highest BCUT2D eigenvalue weighted by Gasteiger charge is 2.45. The summed E-state index contributed by atoms with van der Waals surface area (Å²) in [5, 5.41) is 11.0. The van der Waals surface area contributed by atoms with Crippen LogP contribution in [0.1, 0.15) is 23.6 Å². The van der Waals surface area contributed by atoms with E-state index in [1.807, 2.05) is 35.0 Å². The molecule has 158 valence electrons. The molecule has 1 amide bonds. The number of aromatic nitrogens is 2. The van der Waals surface area contributed by atoms with Crippen molar-refractivity contribution < 1.29 is 14.7 Å². The number of rotatable bonds is 6. The van der Waals surface area contributed by atoms with Crippen molar-refractivity contribution in [3.05, 3.63) is 92.9 Å². The van der Waals surface area contributed by atoms with Gasteiger partial charge in [0.15, 0.2) is 0 Å². The Bertz CT molecular complexity index is 1140. The second kappa shape index (κ2) is 9.20. The molecule has 2 aromatic carbocycles. The highest BCUT2D eigenvalue weighted by atomic mass is 79.9. The van der Waals surface area contributed by atoms with E-state index in [1.165, 1.54) is 0 Å². The molecule has 1 fully saturated rings. The third-order valence-electron chi connectivity index (χ3n) is 5.20. The van der Waals surface area contributed by atoms with Crippen LogP contribution in [-0.2, 0) is 16.1 Å². The maximum atomic E-state index is 13.0. The van der Waals surface area contributed by atoms with Crippen LogP contribution in [0.25, 0.3) is 5.76 Å². The summed E-state index contributed by atoms with van der Waals surface area (Å²) in [4.78, 5) is 31.5. The molecule has 1 aliphatic rings. The van der Waals surface area contributed by atoms with Gasteiger partial charge in [0.25, 0.3) is 11.7 Å². The molecule has 0 bridgehead atoms. The standard InChI is InChI=1S/C23H19Br2N3O3/c24-17-7-5-15(6-8-17)21(29)19-20(16-3-1-4-18(25)13-16)28(23(31)22(19)30)11-2-10-27-12-9-26-14-27/h1,3-9,12-14,20,29H,2,10-11H2/b21-19+/t20-/m1/s1. The van der Waals surface area contributed by atoms with Gasteiger partial charge < -0.3 is 14.6 Å². The number of aryl methyl sites for hydroxylation is 1. The average Bonchev–Trinajstić information content (AvgIpc) is 3.36. The van der Waals surface area contributed by atoms with Gasteiger partial charge in [-0.1, -0.05) is 56.1 Å². The van der Waals surface area contributed by atoms with Crippen molar-refractivity contribution in [1.82, 2.24) is 14.5 Å². The van der Waals surface area contributed by atoms with Crippen LogP contribution >= 0.6 is 31.9 Å². The fourth-order valence-electron chi connectivity index (χ4n) is 3.74. The summed E-state index contributed by atoms with van der Waals surface area (Å²) >= 11 is 6.84. The molecular weight excluding hydrogens is 526 g/mol. The van der Waals surface area contributed by atoms with E-state index in [1.54, 1.807) is 41.7 Å². The molecule has 0 aliphatic carbocycles. The average molecular weight is 545 g/mol. The maximum absolute atomic E-state index is 13.0. The summed E-state index contributed by atoms with van der Waals surface area (Å²) in [7, 11) is 0. The number of benzene rings is 2. The first-order valence-corrected chi connectivity index (χ1v) is 11.3. The smallest absolute Gasteiger partial charge is 0.295 e. The maximum Gasteiger partial charge on any atom is 0.295 e. The van der Waals surface area contributed by atoms with Gasteiger partial charge in [0.1, 0.15) is 5.76 Å². The van der Waals surface area contributed by atoms with Crippen LogP contribution in [0.2, 0.25) is 0 Å². The lowest BCUT2D eigenvalue weighted by Crippen LogP contribution is -2.31. The van der Waals surface area contributed by atoms with E-state index < -0.39 is 17.7 Å². The largest absolute Gasteiger partial charge is 0.507 e. The van der Waals surface area contributed by atoms with Crippen molar-refractivity contribution in [2.24, 2.45) is 0 Å². The third-order valence-corrected chi connectivity index (χ3v) is 6.22. The number of carbonyl (C=O) groups is 2. The minimum atomic E-state index is -0.673. The number of halogens is 2. The third kappa shape index (κ3) is 4.50. The minimum absolute atomic E-state index is 0.105. The van der Waals surface area contributed by atoms with Crippen molar-refractivity contribution >= 4 is 49.3 Å². The molecule has 0 unspecified atom stereocenters. The van der Waals surface area contributed by atoms with E-state index in [0.717, 1.165) is 14.5 Å². The number of aliphatic hydroxyl groups is 1. The number of ketones is 1. The summed E-state index contributed by atoms with van der Waals surface area (Å²) in [5.74, 6) is -1.45. The SMILES string of the molecule is O=C1C(=O)N(CCCn2ccnc2)[C@H](c2cccc(Br)c2)/C1=C(\O)c1ccc(Br)cc1. The molecule has 2 heterocycles. The summed E-state index contributed by atoms with van der Waals surface area (Å²) < 4.78 is 3.61. The van der Waals surface area contributed by atoms with Crippen LogP contribution < -0.4 is 0 Å². The highest BCUT2D eigenvalue weighted by Crippen LogP contribution is 2.40. The quantitative estimate of drug-likeness (QED) is 0.271. The summed E-state index contributed by atoms with van der Waals surface area (Å²) in [6.45, 7) is 1.04. The molecule has 1 saturated heterocycles. The zero-order valence-corrected chi connectivity index (χ0v) is 19.6. The van der Waals surface area contributed by atoms with Crippen LogP contribution in [-0.4, -0.2) is 37.8 Å². The van der Waals surface area contributed by atoms with Crippen LogP contribution in [0.5, 0.6) is 0 Å². The fraction of sp³-hybridized carbons (Fsp3) is 0.174. The predicted octanol–water partition coefficient (Wildman–Crippen LogP) is 4.92. The minimum Gasteiger partial charge on any atom is -0.507 e. The summed E-state index contributed by atoms with van der Waals surface area (Å²) in [6, 6.07) is 13.8. The van der Waals surface area contributed by atoms with Gasteiger partial charge in [-0.2, -0.15) is 0 Å². The Kier molecular flexibility index (Phi) is 6.38. The Morgan fingerprint density at radius 1 is 1.03 bits per heavy atom. The Labute approximate surface area is 196 Å². The number of imidazole rings is 1. The van der Waals surface area contributed by atoms with Gasteiger partial charge in [0.2, 0.25) is 0 Å². The van der Waals surface area contributed by atoms with Gasteiger partial charge in [-0.25, -0.2) is 4.98 Å². The molecule has 3 aromatic rings. The number of hydrogen-bond acceptors (Lipinski definition) is 4. The van der Waals surface area contributed by atoms with Crippen LogP contribution in [0.3, 0.4) is 0 Å². The monoisotopic (exact) mass is 543 g/mol. The second-order valence-corrected chi connectivity index (χ2v) is 9.04. The van der Waals surface area contributed by atoms with Gasteiger partial charge in [0, 0.05) is 40.0 Å². The molecule has 8 heteroatoms. The molecule has 1 N–H and O–H groups in total. The molecule has 4 rings (SSSR count). The van der Waals surface area contributed by atoms with E-state index >= 15 is 0 Å². The zero-order valence-electron chi connectivity index (χ0n) is 16.4. The van der Waals surface area contributed by atoms with E-state index in [4.69, 9.17) is 0 Å². The molecule has 1 aromatic heterocycles. The van der Waals surface area contributed by atoms with Crippen molar-refractivity contribution in [3.63, 3.8) is 0 Å². The van der Waals surface area contributed by atoms with Crippen molar-refractivity contribution in [2.45, 2.75) is 19.0 Å². The first kappa shape index (κ1) is 21.5. The first-order valence-electron chi connectivity index (χ1n) is 9.71. The molecule has 1 aliphatic heterocycles. The van der Waals surface area contributed by atoms with Crippen LogP contribution in [0.15, 0.2) is 81.8 Å². The fourth-order valence-corrected chi connectivity index (χ4v) is 4.42. The van der Waals surface area contributed by atoms with E-state index in [9.17, 15) is 14.7 Å². The first-order chi connectivity index (χ1) is 15.0. The summed E-state index contributed by atoms with van der Waals surface area (Å²) in [6.07, 6.45) is 5.92. The number of Topliss-reactive ketones (excluding diaryl/α,β-unsaturated/α-hetero) is 1. The highest BCUT2D eigenvalue weighted by molar-refractivity contribution is 9.10. The van der Waals surface area contributed by atoms with Gasteiger partial charge >= 0.3 is 0 Å². The zero-order chi connectivity index (χ0) is 22.0. The lowest BCUT2D eigenvalue weighted by molar-refractivity contribution is -0.139. The Morgan fingerprint density at radius 2 is 1.81 bits per heavy atom. The van der Waals surface area contributed by atoms with Crippen molar-refractivity contribution in [1.29, 1.82) is 0 Å². The van der Waals surface area contributed by atoms with Crippen molar-refractivity contribution in [3.8, 4) is 0 Å². The molecule has 6 nitrogen and oxygen atoms in total. The molecule has 0 saturated carbocycles. The predicted molar refractivity (Wildman–Crippen MR) is 124 cm³/mol. The number of hydrogen-bond donors (Lipinski definition) is 1. The number of nitrogens with zero attached hydrogens (tertiary/aromatic N) is 3. The number of likely N-dealkylation sites (tertiary alicyclic amines) is 1. The number of amides is 1. The van der Waals surface area contributed by atoms with E-state index in [2.05, 4.69) is 36.8 Å². The molecule has 31 heavy (non-hydrogen) atoms.